The molecule has 4 aliphatic rings. The van der Waals surface area contributed by atoms with E-state index >= 15 is 0 Å². The van der Waals surface area contributed by atoms with Gasteiger partial charge in [-0.25, -0.2) is 19.2 Å². The molecule has 12 heteroatoms. The maximum atomic E-state index is 14.4. The molecule has 0 atom stereocenters. The maximum Gasteiger partial charge on any atom is 0.362 e. The number of rotatable bonds is 40. The highest BCUT2D eigenvalue weighted by atomic mass is 16.6. The van der Waals surface area contributed by atoms with Gasteiger partial charge in [-0.05, 0) is 51.4 Å². The van der Waals surface area contributed by atoms with Crippen LogP contribution in [-0.2, 0) is 38.1 Å². The third-order valence-electron chi connectivity index (χ3n) is 15.9. The molecule has 0 saturated heterocycles. The van der Waals surface area contributed by atoms with E-state index in [9.17, 15) is 19.2 Å². The minimum atomic E-state index is -1.17. The largest absolute Gasteiger partial charge is 0.454 e. The minimum Gasteiger partial charge on any atom is -0.454 e. The van der Waals surface area contributed by atoms with Crippen LogP contribution in [0.5, 0.6) is 0 Å². The highest BCUT2D eigenvalue weighted by molar-refractivity contribution is 5.74. The van der Waals surface area contributed by atoms with Crippen molar-refractivity contribution in [2.75, 3.05) is 109 Å². The van der Waals surface area contributed by atoms with E-state index in [0.717, 1.165) is 77.5 Å². The number of hydrogen-bond acceptors (Lipinski definition) is 8. The Labute approximate surface area is 430 Å². The van der Waals surface area contributed by atoms with E-state index in [0.29, 0.717) is 17.9 Å². The first kappa shape index (κ1) is 62.0. The number of carbonyl (C=O) groups is 4. The highest BCUT2D eigenvalue weighted by Crippen LogP contribution is 2.65. The average molecular weight is 994 g/mol. The van der Waals surface area contributed by atoms with Crippen LogP contribution in [0.1, 0.15) is 220 Å². The van der Waals surface area contributed by atoms with Gasteiger partial charge in [0, 0.05) is 38.5 Å². The van der Waals surface area contributed by atoms with Gasteiger partial charge in [0.25, 0.3) is 0 Å². The van der Waals surface area contributed by atoms with Gasteiger partial charge >= 0.3 is 23.9 Å². The lowest BCUT2D eigenvalue weighted by Gasteiger charge is -2.66. The van der Waals surface area contributed by atoms with Crippen molar-refractivity contribution in [3.8, 4) is 0 Å². The van der Waals surface area contributed by atoms with E-state index in [1.54, 1.807) is 0 Å². The van der Waals surface area contributed by atoms with Crippen molar-refractivity contribution in [1.82, 2.24) is 0 Å². The van der Waals surface area contributed by atoms with Gasteiger partial charge in [0.1, 0.15) is 22.4 Å². The lowest BCUT2D eigenvalue weighted by Crippen LogP contribution is -2.75. The maximum absolute atomic E-state index is 14.4. The predicted octanol–water partition coefficient (Wildman–Crippen LogP) is 11.2. The van der Waals surface area contributed by atoms with Crippen molar-refractivity contribution >= 4 is 23.9 Å². The number of carbonyl (C=O) groups excluding carboxylic acids is 4. The van der Waals surface area contributed by atoms with Crippen molar-refractivity contribution in [2.24, 2.45) is 0 Å². The first-order valence-corrected chi connectivity index (χ1v) is 29.0. The summed E-state index contributed by atoms with van der Waals surface area (Å²) in [5.41, 5.74) is -4.66. The van der Waals surface area contributed by atoms with Crippen molar-refractivity contribution < 1.29 is 56.1 Å². The first-order valence-electron chi connectivity index (χ1n) is 29.0. The second-order valence-corrected chi connectivity index (χ2v) is 26.0. The summed E-state index contributed by atoms with van der Waals surface area (Å²) in [5, 5.41) is 0. The molecule has 408 valence electrons. The standard InChI is InChI=1S/C58H112N4O8/c1-13-17-21-25-29-33-37-59(5,6)41-51(63)67-55-45-56(68-52(64)42-60(7,8)38-34-30-26-22-18-14-2)48-57(46-55,69-53(65)43-61(9,10)39-35-31-27-23-19-15-3)50-58(47-55,49-56)70-54(66)44-62(11,12)40-36-32-28-24-20-16-4/h13-50H2,1-12H3/q+4. The number of nitrogens with zero attached hydrogens (tertiary/aromatic N) is 4. The van der Waals surface area contributed by atoms with Crippen LogP contribution in [0.25, 0.3) is 0 Å². The molecule has 0 aromatic carbocycles. The minimum absolute atomic E-state index is 0.182. The number of likely N-dealkylation sites (N-methyl/N-ethyl adjacent to an activating group) is 4. The van der Waals surface area contributed by atoms with Crippen LogP contribution in [-0.4, -0.2) is 173 Å². The fraction of sp³-hybridized carbons (Fsp3) is 0.931. The Morgan fingerprint density at radius 1 is 0.286 bits per heavy atom. The Morgan fingerprint density at radius 2 is 0.443 bits per heavy atom. The molecular formula is C58H112N4O8+4. The summed E-state index contributed by atoms with van der Waals surface area (Å²) in [4.78, 5) is 57.8. The summed E-state index contributed by atoms with van der Waals surface area (Å²) in [5.74, 6) is -1.31. The Balaban J connectivity index is 1.98. The molecule has 0 aromatic rings. The third-order valence-corrected chi connectivity index (χ3v) is 15.9. The van der Waals surface area contributed by atoms with E-state index in [1.165, 1.54) is 103 Å². The molecule has 0 unspecified atom stereocenters. The van der Waals surface area contributed by atoms with Crippen molar-refractivity contribution in [1.29, 1.82) is 0 Å². The average Bonchev–Trinajstić information content (AvgIpc) is 3.20. The predicted molar refractivity (Wildman–Crippen MR) is 284 cm³/mol. The molecule has 4 aliphatic carbocycles. The molecule has 0 spiro atoms. The van der Waals surface area contributed by atoms with Gasteiger partial charge in [-0.15, -0.1) is 0 Å². The summed E-state index contributed by atoms with van der Waals surface area (Å²) in [6, 6.07) is 0. The van der Waals surface area contributed by atoms with Gasteiger partial charge in [0.05, 0.1) is 82.6 Å². The van der Waals surface area contributed by atoms with Crippen LogP contribution in [0.4, 0.5) is 0 Å². The molecule has 0 aromatic heterocycles. The van der Waals surface area contributed by atoms with Gasteiger partial charge in [-0.2, -0.15) is 0 Å². The normalized spacial score (nSPS) is 23.4. The molecule has 0 N–H and O–H groups in total. The van der Waals surface area contributed by atoms with Crippen molar-refractivity contribution in [3.63, 3.8) is 0 Å². The molecule has 0 aliphatic heterocycles. The molecule has 0 radical (unpaired) electrons. The Hall–Kier alpha value is -2.28. The van der Waals surface area contributed by atoms with Crippen LogP contribution in [0.3, 0.4) is 0 Å². The van der Waals surface area contributed by atoms with Crippen molar-refractivity contribution in [2.45, 2.75) is 243 Å². The van der Waals surface area contributed by atoms with Crippen molar-refractivity contribution in [3.05, 3.63) is 0 Å². The van der Waals surface area contributed by atoms with E-state index in [4.69, 9.17) is 18.9 Å². The Bertz CT molecular complexity index is 1310. The van der Waals surface area contributed by atoms with E-state index in [1.807, 2.05) is 0 Å². The van der Waals surface area contributed by atoms with Gasteiger partial charge in [0.2, 0.25) is 0 Å². The van der Waals surface area contributed by atoms with Gasteiger partial charge in [-0.3, -0.25) is 0 Å². The van der Waals surface area contributed by atoms with Crippen LogP contribution >= 0.6 is 0 Å². The lowest BCUT2D eigenvalue weighted by atomic mass is 9.48. The molecule has 70 heavy (non-hydrogen) atoms. The summed E-state index contributed by atoms with van der Waals surface area (Å²) < 4.78 is 29.2. The van der Waals surface area contributed by atoms with Gasteiger partial charge in [0.15, 0.2) is 26.2 Å². The second-order valence-electron chi connectivity index (χ2n) is 26.0. The van der Waals surface area contributed by atoms with E-state index in [2.05, 4.69) is 84.1 Å². The quantitative estimate of drug-likeness (QED) is 0.0259. The number of esters is 4. The summed E-state index contributed by atoms with van der Waals surface area (Å²) >= 11 is 0. The Kier molecular flexibility index (Phi) is 25.7. The van der Waals surface area contributed by atoms with Gasteiger partial charge in [-0.1, -0.05) is 130 Å². The van der Waals surface area contributed by atoms with E-state index < -0.39 is 22.4 Å². The number of quaternary nitrogens is 4. The van der Waals surface area contributed by atoms with Gasteiger partial charge < -0.3 is 36.9 Å². The summed E-state index contributed by atoms with van der Waals surface area (Å²) in [7, 11) is 16.7. The zero-order chi connectivity index (χ0) is 52.0. The Morgan fingerprint density at radius 3 is 0.614 bits per heavy atom. The smallest absolute Gasteiger partial charge is 0.362 e. The molecular weight excluding hydrogens is 881 g/mol. The fourth-order valence-corrected chi connectivity index (χ4v) is 12.8. The summed E-state index contributed by atoms with van der Waals surface area (Å²) in [6.45, 7) is 13.1. The monoisotopic (exact) mass is 993 g/mol. The zero-order valence-electron chi connectivity index (χ0n) is 47.9. The molecule has 4 fully saturated rings. The number of hydrogen-bond donors (Lipinski definition) is 0. The second kappa shape index (κ2) is 29.0. The molecule has 0 heterocycles. The fourth-order valence-electron chi connectivity index (χ4n) is 12.8. The van der Waals surface area contributed by atoms with E-state index in [-0.39, 0.29) is 88.6 Å². The first-order chi connectivity index (χ1) is 32.9. The topological polar surface area (TPSA) is 105 Å². The number of unbranched alkanes of at least 4 members (excludes halogenated alkanes) is 20. The zero-order valence-corrected chi connectivity index (χ0v) is 47.9. The van der Waals surface area contributed by atoms with Crippen LogP contribution in [0.15, 0.2) is 0 Å². The third kappa shape index (κ3) is 22.9. The molecule has 4 saturated carbocycles. The molecule has 12 nitrogen and oxygen atoms in total. The van der Waals surface area contributed by atoms with Crippen LogP contribution < -0.4 is 0 Å². The molecule has 4 bridgehead atoms. The summed E-state index contributed by atoms with van der Waals surface area (Å²) in [6.07, 6.45) is 29.9. The molecule has 4 rings (SSSR count). The van der Waals surface area contributed by atoms with Crippen LogP contribution in [0, 0.1) is 0 Å². The SMILES string of the molecule is CCCCCCCC[N+](C)(C)CC(=O)OC12CC3(OC(=O)C[N+](C)(C)CCCCCCCC)CC(OC(=O)C[N+](C)(C)CCCCCCCC)(C1)CC(OC(=O)C[N+](C)(C)CCCCCCCC)(C2)C3. The lowest BCUT2D eigenvalue weighted by molar-refractivity contribution is -0.883. The highest BCUT2D eigenvalue weighted by Gasteiger charge is 2.75. The molecule has 0 amide bonds. The van der Waals surface area contributed by atoms with Crippen LogP contribution in [0.2, 0.25) is 0 Å². The number of ether oxygens (including phenoxy) is 4.